The van der Waals surface area contributed by atoms with E-state index in [1.807, 2.05) is 0 Å². The predicted octanol–water partition coefficient (Wildman–Crippen LogP) is 18.0. The maximum Gasteiger partial charge on any atom is 0.0755 e. The van der Waals surface area contributed by atoms with E-state index in [0.29, 0.717) is 0 Å². The topological polar surface area (TPSA) is 6.48 Å². The van der Waals surface area contributed by atoms with Crippen molar-refractivity contribution in [2.75, 3.05) is 9.80 Å². The third-order valence-electron chi connectivity index (χ3n) is 14.3. The SMILES string of the molecule is c1ccc(-c2ccc(-c3ccc(N(c4ccccc4-c4ccccc4-c4ccccc4)c4cccc5c4-c4ccccc4C54c5ccccc5N(c5ccccc5)c5ccccc54)cc3)cc2)cc1. The Balaban J connectivity index is 1.05. The Labute approximate surface area is 404 Å². The molecule has 0 bridgehead atoms. The molecule has 2 aliphatic rings. The van der Waals surface area contributed by atoms with Crippen molar-refractivity contribution in [1.82, 2.24) is 0 Å². The number of fused-ring (bicyclic) bond motifs is 9. The van der Waals surface area contributed by atoms with Crippen LogP contribution in [0, 0.1) is 0 Å². The largest absolute Gasteiger partial charge is 0.310 e. The third-order valence-corrected chi connectivity index (χ3v) is 14.3. The molecule has 0 aromatic heterocycles. The molecule has 0 saturated carbocycles. The Morgan fingerprint density at radius 2 is 0.681 bits per heavy atom. The van der Waals surface area contributed by atoms with Crippen LogP contribution in [0.15, 0.2) is 279 Å². The van der Waals surface area contributed by atoms with Gasteiger partial charge >= 0.3 is 0 Å². The maximum atomic E-state index is 2.52. The second kappa shape index (κ2) is 16.7. The van der Waals surface area contributed by atoms with Gasteiger partial charge < -0.3 is 9.80 Å². The van der Waals surface area contributed by atoms with E-state index in [4.69, 9.17) is 0 Å². The third kappa shape index (κ3) is 6.48. The van der Waals surface area contributed by atoms with Crippen LogP contribution in [0.3, 0.4) is 0 Å². The molecular formula is C67H46N2. The van der Waals surface area contributed by atoms with Crippen LogP contribution in [-0.4, -0.2) is 0 Å². The van der Waals surface area contributed by atoms with Gasteiger partial charge in [-0.1, -0.05) is 231 Å². The van der Waals surface area contributed by atoms with Gasteiger partial charge in [0, 0.05) is 22.5 Å². The quantitative estimate of drug-likeness (QED) is 0.150. The van der Waals surface area contributed by atoms with Crippen molar-refractivity contribution >= 4 is 34.1 Å². The van der Waals surface area contributed by atoms with E-state index >= 15 is 0 Å². The summed E-state index contributed by atoms with van der Waals surface area (Å²) in [5, 5.41) is 0. The number of hydrogen-bond acceptors (Lipinski definition) is 2. The molecule has 0 amide bonds. The number of hydrogen-bond donors (Lipinski definition) is 0. The minimum absolute atomic E-state index is 0.596. The molecule has 1 aliphatic heterocycles. The van der Waals surface area contributed by atoms with Gasteiger partial charge in [-0.2, -0.15) is 0 Å². The average molecular weight is 879 g/mol. The van der Waals surface area contributed by atoms with Gasteiger partial charge in [0.25, 0.3) is 0 Å². The lowest BCUT2D eigenvalue weighted by Gasteiger charge is -2.45. The van der Waals surface area contributed by atoms with Crippen molar-refractivity contribution in [3.05, 3.63) is 301 Å². The lowest BCUT2D eigenvalue weighted by atomic mass is 9.64. The molecule has 0 N–H and O–H groups in total. The van der Waals surface area contributed by atoms with Gasteiger partial charge in [0.2, 0.25) is 0 Å². The van der Waals surface area contributed by atoms with Gasteiger partial charge in [-0.05, 0) is 115 Å². The van der Waals surface area contributed by atoms with E-state index in [1.54, 1.807) is 0 Å². The Morgan fingerprint density at radius 3 is 1.30 bits per heavy atom. The van der Waals surface area contributed by atoms with E-state index < -0.39 is 5.41 Å². The number of benzene rings is 11. The molecule has 0 saturated heterocycles. The first-order valence-corrected chi connectivity index (χ1v) is 23.8. The zero-order valence-corrected chi connectivity index (χ0v) is 38.0. The van der Waals surface area contributed by atoms with Crippen LogP contribution in [-0.2, 0) is 5.41 Å². The van der Waals surface area contributed by atoms with Crippen LogP contribution in [0.4, 0.5) is 34.1 Å². The molecule has 2 heteroatoms. The van der Waals surface area contributed by atoms with Gasteiger partial charge in [0.05, 0.1) is 28.2 Å². The van der Waals surface area contributed by atoms with Gasteiger partial charge in [-0.3, -0.25) is 0 Å². The van der Waals surface area contributed by atoms with Crippen molar-refractivity contribution < 1.29 is 0 Å². The zero-order chi connectivity index (χ0) is 45.7. The highest BCUT2D eigenvalue weighted by molar-refractivity contribution is 6.03. The molecule has 0 atom stereocenters. The van der Waals surface area contributed by atoms with Gasteiger partial charge in [-0.25, -0.2) is 0 Å². The fraction of sp³-hybridized carbons (Fsp3) is 0.0149. The maximum absolute atomic E-state index is 2.52. The second-order valence-electron chi connectivity index (χ2n) is 18.0. The van der Waals surface area contributed by atoms with Crippen molar-refractivity contribution in [3.8, 4) is 55.6 Å². The normalized spacial score (nSPS) is 12.7. The molecule has 0 radical (unpaired) electrons. The van der Waals surface area contributed by atoms with Gasteiger partial charge in [0.1, 0.15) is 0 Å². The summed E-state index contributed by atoms with van der Waals surface area (Å²) in [7, 11) is 0. The van der Waals surface area contributed by atoms with Crippen LogP contribution in [0.25, 0.3) is 55.6 Å². The van der Waals surface area contributed by atoms with Crippen LogP contribution in [0.5, 0.6) is 0 Å². The number of rotatable bonds is 8. The summed E-state index contributed by atoms with van der Waals surface area (Å²) < 4.78 is 0. The average Bonchev–Trinajstić information content (AvgIpc) is 3.73. The van der Waals surface area contributed by atoms with Crippen molar-refractivity contribution in [1.29, 1.82) is 0 Å². The van der Waals surface area contributed by atoms with Crippen LogP contribution >= 0.6 is 0 Å². The number of para-hydroxylation sites is 4. The van der Waals surface area contributed by atoms with E-state index in [-0.39, 0.29) is 0 Å². The Kier molecular flexibility index (Phi) is 9.77. The summed E-state index contributed by atoms with van der Waals surface area (Å²) in [5.74, 6) is 0. The molecule has 2 nitrogen and oxygen atoms in total. The van der Waals surface area contributed by atoms with Crippen molar-refractivity contribution in [3.63, 3.8) is 0 Å². The van der Waals surface area contributed by atoms with Crippen molar-refractivity contribution in [2.45, 2.75) is 5.41 Å². The summed E-state index contributed by atoms with van der Waals surface area (Å²) in [5.41, 5.74) is 23.3. The minimum atomic E-state index is -0.596. The smallest absolute Gasteiger partial charge is 0.0755 e. The monoisotopic (exact) mass is 878 g/mol. The highest BCUT2D eigenvalue weighted by Gasteiger charge is 2.52. The summed E-state index contributed by atoms with van der Waals surface area (Å²) in [6, 6.07) is 102. The second-order valence-corrected chi connectivity index (χ2v) is 18.0. The summed E-state index contributed by atoms with van der Waals surface area (Å²) in [6.45, 7) is 0. The highest BCUT2D eigenvalue weighted by atomic mass is 15.2. The zero-order valence-electron chi connectivity index (χ0n) is 38.0. The van der Waals surface area contributed by atoms with Crippen LogP contribution < -0.4 is 9.80 Å². The molecule has 0 unspecified atom stereocenters. The molecule has 13 rings (SSSR count). The Bertz CT molecular complexity index is 3610. The molecule has 1 heterocycles. The highest BCUT2D eigenvalue weighted by Crippen LogP contribution is 2.65. The van der Waals surface area contributed by atoms with E-state index in [9.17, 15) is 0 Å². The molecule has 11 aromatic rings. The van der Waals surface area contributed by atoms with E-state index in [2.05, 4.69) is 289 Å². The lowest BCUT2D eigenvalue weighted by molar-refractivity contribution is 0.752. The lowest BCUT2D eigenvalue weighted by Crippen LogP contribution is -2.36. The summed E-state index contributed by atoms with van der Waals surface area (Å²) in [6.07, 6.45) is 0. The minimum Gasteiger partial charge on any atom is -0.310 e. The molecule has 69 heavy (non-hydrogen) atoms. The summed E-state index contributed by atoms with van der Waals surface area (Å²) in [4.78, 5) is 4.97. The fourth-order valence-electron chi connectivity index (χ4n) is 11.4. The molecule has 324 valence electrons. The van der Waals surface area contributed by atoms with E-state index in [0.717, 1.165) is 28.3 Å². The Morgan fingerprint density at radius 1 is 0.261 bits per heavy atom. The standard InChI is InChI=1S/C67H46N2/c1-4-21-47(22-5-1)48-39-41-49(42-40-48)50-43-45-53(46-44-50)68(62-35-17-13-29-56(62)55-28-11-10-27-54(55)51-23-6-2-7-24-51)65-38-20-34-61-66(65)57-30-12-14-31-58(57)67(61)59-32-15-18-36-63(59)69(52-25-8-3-9-26-52)64-37-19-16-33-60(64)67/h1-46H. The van der Waals surface area contributed by atoms with Gasteiger partial charge in [-0.15, -0.1) is 0 Å². The first-order chi connectivity index (χ1) is 34.3. The van der Waals surface area contributed by atoms with Crippen LogP contribution in [0.1, 0.15) is 22.3 Å². The number of anilines is 6. The molecule has 11 aromatic carbocycles. The molecule has 1 spiro atoms. The first kappa shape index (κ1) is 40.3. The van der Waals surface area contributed by atoms with Crippen LogP contribution in [0.2, 0.25) is 0 Å². The van der Waals surface area contributed by atoms with Crippen molar-refractivity contribution in [2.24, 2.45) is 0 Å². The predicted molar refractivity (Wildman–Crippen MR) is 288 cm³/mol. The molecular weight excluding hydrogens is 833 g/mol. The van der Waals surface area contributed by atoms with E-state index in [1.165, 1.54) is 83.7 Å². The fourth-order valence-corrected chi connectivity index (χ4v) is 11.4. The first-order valence-electron chi connectivity index (χ1n) is 23.8. The molecule has 0 fully saturated rings. The number of nitrogens with zero attached hydrogens (tertiary/aromatic N) is 2. The summed E-state index contributed by atoms with van der Waals surface area (Å²) >= 11 is 0. The molecule has 1 aliphatic carbocycles. The van der Waals surface area contributed by atoms with Gasteiger partial charge in [0.15, 0.2) is 0 Å². The Hall–Kier alpha value is -8.98.